The number of esters is 2. The van der Waals surface area contributed by atoms with E-state index in [0.717, 1.165) is 51.4 Å². The predicted octanol–water partition coefficient (Wildman–Crippen LogP) is 13.6. The standard InChI is InChI=1S/C56H104O10/c1-3-5-7-9-11-13-15-17-19-21-23-24-25-26-27-29-31-33-35-37-39-41-43-45-52(59)65-49(48-64-56-55(62)54(61)53(60)50(46-57)66-56)47-63-51(58)44-42-40-38-36-34-32-30-28-22-20-18-16-14-12-10-8-6-4-2/h20-23,49-50,53-57,60-62H,3-19,24-48H2,1-2H3/b22-20-,23-21-. The molecule has 1 heterocycles. The molecule has 0 aromatic carbocycles. The van der Waals surface area contributed by atoms with Crippen LogP contribution in [0.25, 0.3) is 0 Å². The van der Waals surface area contributed by atoms with Crippen molar-refractivity contribution in [1.29, 1.82) is 0 Å². The predicted molar refractivity (Wildman–Crippen MR) is 270 cm³/mol. The van der Waals surface area contributed by atoms with Crippen LogP contribution < -0.4 is 0 Å². The summed E-state index contributed by atoms with van der Waals surface area (Å²) < 4.78 is 22.3. The van der Waals surface area contributed by atoms with Crippen LogP contribution in [-0.4, -0.2) is 89.0 Å². The van der Waals surface area contributed by atoms with Crippen molar-refractivity contribution in [3.05, 3.63) is 24.3 Å². The molecule has 0 aromatic rings. The lowest BCUT2D eigenvalue weighted by atomic mass is 9.99. The van der Waals surface area contributed by atoms with E-state index in [1.165, 1.54) is 180 Å². The molecule has 0 aromatic heterocycles. The van der Waals surface area contributed by atoms with E-state index < -0.39 is 49.4 Å². The molecule has 4 N–H and O–H groups in total. The summed E-state index contributed by atoms with van der Waals surface area (Å²) in [6.07, 6.45) is 47.6. The van der Waals surface area contributed by atoms with Gasteiger partial charge in [0.2, 0.25) is 0 Å². The second-order valence-corrected chi connectivity index (χ2v) is 19.4. The fraction of sp³-hybridized carbons (Fsp3) is 0.893. The lowest BCUT2D eigenvalue weighted by Crippen LogP contribution is -2.59. The van der Waals surface area contributed by atoms with Crippen molar-refractivity contribution in [3.63, 3.8) is 0 Å². The third-order valence-corrected chi connectivity index (χ3v) is 13.1. The van der Waals surface area contributed by atoms with Gasteiger partial charge in [0, 0.05) is 12.8 Å². The van der Waals surface area contributed by atoms with Crippen LogP contribution in [0.1, 0.15) is 264 Å². The van der Waals surface area contributed by atoms with Gasteiger partial charge in [-0.15, -0.1) is 0 Å². The number of unbranched alkanes of at least 4 members (excludes halogenated alkanes) is 33. The van der Waals surface area contributed by atoms with Crippen molar-refractivity contribution in [2.45, 2.75) is 301 Å². The Morgan fingerprint density at radius 3 is 1.18 bits per heavy atom. The minimum absolute atomic E-state index is 0.216. The first-order chi connectivity index (χ1) is 32.3. The zero-order valence-electron chi connectivity index (χ0n) is 42.7. The Balaban J connectivity index is 2.21. The van der Waals surface area contributed by atoms with Crippen molar-refractivity contribution in [2.75, 3.05) is 19.8 Å². The Labute approximate surface area is 404 Å². The van der Waals surface area contributed by atoms with Crippen LogP contribution in [0.3, 0.4) is 0 Å². The maximum atomic E-state index is 12.9. The summed E-state index contributed by atoms with van der Waals surface area (Å²) in [5, 5.41) is 40.3. The second kappa shape index (κ2) is 46.9. The summed E-state index contributed by atoms with van der Waals surface area (Å²) in [4.78, 5) is 25.5. The van der Waals surface area contributed by atoms with Gasteiger partial charge in [-0.2, -0.15) is 0 Å². The van der Waals surface area contributed by atoms with Crippen molar-refractivity contribution in [3.8, 4) is 0 Å². The van der Waals surface area contributed by atoms with Gasteiger partial charge in [0.05, 0.1) is 13.2 Å². The van der Waals surface area contributed by atoms with Crippen LogP contribution >= 0.6 is 0 Å². The van der Waals surface area contributed by atoms with E-state index in [1.807, 2.05) is 0 Å². The first kappa shape index (κ1) is 62.2. The lowest BCUT2D eigenvalue weighted by Gasteiger charge is -2.39. The van der Waals surface area contributed by atoms with Crippen LogP contribution in [-0.2, 0) is 28.5 Å². The van der Waals surface area contributed by atoms with Gasteiger partial charge in [-0.3, -0.25) is 9.59 Å². The molecule has 0 radical (unpaired) electrons. The van der Waals surface area contributed by atoms with Gasteiger partial charge in [0.15, 0.2) is 12.4 Å². The molecule has 1 aliphatic rings. The minimum Gasteiger partial charge on any atom is -0.462 e. The minimum atomic E-state index is -1.59. The average molecular weight is 937 g/mol. The molecule has 10 nitrogen and oxygen atoms in total. The van der Waals surface area contributed by atoms with Crippen molar-refractivity contribution < 1.29 is 49.0 Å². The van der Waals surface area contributed by atoms with Crippen LogP contribution in [0.5, 0.6) is 0 Å². The van der Waals surface area contributed by atoms with E-state index >= 15 is 0 Å². The molecular formula is C56H104O10. The fourth-order valence-corrected chi connectivity index (χ4v) is 8.65. The summed E-state index contributed by atoms with van der Waals surface area (Å²) in [6, 6.07) is 0. The summed E-state index contributed by atoms with van der Waals surface area (Å²) >= 11 is 0. The van der Waals surface area contributed by atoms with E-state index in [0.29, 0.717) is 6.42 Å². The zero-order chi connectivity index (χ0) is 48.0. The Morgan fingerprint density at radius 1 is 0.455 bits per heavy atom. The zero-order valence-corrected chi connectivity index (χ0v) is 42.7. The van der Waals surface area contributed by atoms with E-state index in [-0.39, 0.29) is 32.0 Å². The Kier molecular flexibility index (Phi) is 44.2. The molecule has 10 heteroatoms. The van der Waals surface area contributed by atoms with Crippen LogP contribution in [0.2, 0.25) is 0 Å². The summed E-state index contributed by atoms with van der Waals surface area (Å²) in [7, 11) is 0. The molecule has 1 rings (SSSR count). The van der Waals surface area contributed by atoms with Crippen LogP contribution in [0.15, 0.2) is 24.3 Å². The van der Waals surface area contributed by atoms with Crippen molar-refractivity contribution in [2.24, 2.45) is 0 Å². The first-order valence-corrected chi connectivity index (χ1v) is 27.9. The molecule has 6 unspecified atom stereocenters. The van der Waals surface area contributed by atoms with Gasteiger partial charge in [0.25, 0.3) is 0 Å². The number of carbonyl (C=O) groups excluding carboxylic acids is 2. The van der Waals surface area contributed by atoms with Gasteiger partial charge in [-0.25, -0.2) is 0 Å². The summed E-state index contributed by atoms with van der Waals surface area (Å²) in [5.74, 6) is -0.800. The highest BCUT2D eigenvalue weighted by molar-refractivity contribution is 5.70. The molecule has 1 aliphatic heterocycles. The number of hydrogen-bond acceptors (Lipinski definition) is 10. The van der Waals surface area contributed by atoms with Gasteiger partial charge in [0.1, 0.15) is 31.0 Å². The topological polar surface area (TPSA) is 152 Å². The number of hydrogen-bond donors (Lipinski definition) is 4. The molecule has 0 spiro atoms. The number of allylic oxidation sites excluding steroid dienone is 4. The third-order valence-electron chi connectivity index (χ3n) is 13.1. The van der Waals surface area contributed by atoms with E-state index in [2.05, 4.69) is 38.2 Å². The van der Waals surface area contributed by atoms with Crippen LogP contribution in [0, 0.1) is 0 Å². The smallest absolute Gasteiger partial charge is 0.306 e. The number of carbonyl (C=O) groups is 2. The monoisotopic (exact) mass is 937 g/mol. The Morgan fingerprint density at radius 2 is 0.803 bits per heavy atom. The molecule has 0 saturated carbocycles. The van der Waals surface area contributed by atoms with Gasteiger partial charge in [-0.1, -0.05) is 212 Å². The van der Waals surface area contributed by atoms with Crippen LogP contribution in [0.4, 0.5) is 0 Å². The van der Waals surface area contributed by atoms with Gasteiger partial charge < -0.3 is 39.4 Å². The third kappa shape index (κ3) is 37.1. The Hall–Kier alpha value is -1.82. The lowest BCUT2D eigenvalue weighted by molar-refractivity contribution is -0.305. The van der Waals surface area contributed by atoms with E-state index in [1.54, 1.807) is 0 Å². The number of rotatable bonds is 48. The summed E-state index contributed by atoms with van der Waals surface area (Å²) in [5.41, 5.74) is 0. The van der Waals surface area contributed by atoms with E-state index in [9.17, 15) is 30.0 Å². The fourth-order valence-electron chi connectivity index (χ4n) is 8.65. The molecule has 0 bridgehead atoms. The molecule has 0 aliphatic carbocycles. The highest BCUT2D eigenvalue weighted by atomic mass is 16.7. The number of ether oxygens (including phenoxy) is 4. The average Bonchev–Trinajstić information content (AvgIpc) is 3.32. The summed E-state index contributed by atoms with van der Waals surface area (Å²) in [6.45, 7) is 3.46. The number of aliphatic hydroxyl groups is 4. The highest BCUT2D eigenvalue weighted by Crippen LogP contribution is 2.23. The normalized spacial score (nSPS) is 19.3. The SMILES string of the molecule is CCCCCCCCC/C=C\CCCCCCCCCC(=O)OCC(COC1OC(CO)C(O)C(O)C1O)OC(=O)CCCCCCCCCCCCC/C=C\CCCCCCCCCC. The van der Waals surface area contributed by atoms with Crippen molar-refractivity contribution >= 4 is 11.9 Å². The van der Waals surface area contributed by atoms with Gasteiger partial charge in [-0.05, 0) is 64.2 Å². The van der Waals surface area contributed by atoms with Gasteiger partial charge >= 0.3 is 11.9 Å². The molecule has 0 amide bonds. The maximum absolute atomic E-state index is 12.9. The Bertz CT molecular complexity index is 1130. The second-order valence-electron chi connectivity index (χ2n) is 19.4. The molecule has 1 saturated heterocycles. The molecular weight excluding hydrogens is 833 g/mol. The molecule has 388 valence electrons. The molecule has 1 fully saturated rings. The molecule has 6 atom stereocenters. The van der Waals surface area contributed by atoms with E-state index in [4.69, 9.17) is 18.9 Å². The highest BCUT2D eigenvalue weighted by Gasteiger charge is 2.44. The quantitative estimate of drug-likeness (QED) is 0.0264. The van der Waals surface area contributed by atoms with Crippen molar-refractivity contribution in [1.82, 2.24) is 0 Å². The number of aliphatic hydroxyl groups excluding tert-OH is 4. The molecule has 66 heavy (non-hydrogen) atoms. The first-order valence-electron chi connectivity index (χ1n) is 27.9. The largest absolute Gasteiger partial charge is 0.462 e. The maximum Gasteiger partial charge on any atom is 0.306 e.